The topological polar surface area (TPSA) is 39.1 Å². The van der Waals surface area contributed by atoms with Gasteiger partial charge in [-0.1, -0.05) is 6.07 Å². The number of nitrogens with zero attached hydrogens (tertiary/aromatic N) is 2. The Hall–Kier alpha value is -2.02. The van der Waals surface area contributed by atoms with Gasteiger partial charge in [0.25, 0.3) is 0 Å². The van der Waals surface area contributed by atoms with Crippen molar-refractivity contribution in [1.29, 1.82) is 0 Å². The average molecular weight is 299 g/mol. The second kappa shape index (κ2) is 6.17. The number of anilines is 1. The van der Waals surface area contributed by atoms with Crippen LogP contribution in [0.1, 0.15) is 12.5 Å². The first kappa shape index (κ1) is 15.4. The molecule has 2 rings (SSSR count). The van der Waals surface area contributed by atoms with Crippen LogP contribution in [0.5, 0.6) is 0 Å². The van der Waals surface area contributed by atoms with Crippen LogP contribution < -0.4 is 5.32 Å². The van der Waals surface area contributed by atoms with Gasteiger partial charge in [0.2, 0.25) is 5.95 Å². The predicted molar refractivity (Wildman–Crippen MR) is 73.5 cm³/mol. The molecule has 0 saturated heterocycles. The fourth-order valence-corrected chi connectivity index (χ4v) is 1.96. The monoisotopic (exact) mass is 299 g/mol. The second-order valence-corrected chi connectivity index (χ2v) is 4.67. The van der Waals surface area contributed by atoms with Crippen molar-refractivity contribution in [3.05, 3.63) is 42.2 Å². The van der Waals surface area contributed by atoms with Crippen LogP contribution in [0, 0.1) is 0 Å². The predicted octanol–water partition coefficient (Wildman–Crippen LogP) is 3.34. The molecule has 4 nitrogen and oxygen atoms in total. The molecule has 0 bridgehead atoms. The number of methoxy groups -OCH3 is 1. The summed E-state index contributed by atoms with van der Waals surface area (Å²) in [6.07, 6.45) is -1.23. The summed E-state index contributed by atoms with van der Waals surface area (Å²) in [5, 5.41) is 3.09. The Balaban J connectivity index is 2.29. The summed E-state index contributed by atoms with van der Waals surface area (Å²) in [6, 6.07) is 5.10. The Labute approximate surface area is 120 Å². The van der Waals surface area contributed by atoms with Crippen LogP contribution in [-0.2, 0) is 10.9 Å². The summed E-state index contributed by atoms with van der Waals surface area (Å²) in [5.41, 5.74) is -0.293. The average Bonchev–Trinajstić information content (AvgIpc) is 2.86. The number of ether oxygens (including phenoxy) is 1. The molecular formula is C14H16F3N3O. The van der Waals surface area contributed by atoms with Crippen molar-refractivity contribution in [2.75, 3.05) is 19.0 Å². The Kier molecular flexibility index (Phi) is 4.52. The molecule has 0 amide bonds. The summed E-state index contributed by atoms with van der Waals surface area (Å²) in [4.78, 5) is 4.12. The van der Waals surface area contributed by atoms with Crippen molar-refractivity contribution in [2.24, 2.45) is 0 Å². The quantitative estimate of drug-likeness (QED) is 0.920. The van der Waals surface area contributed by atoms with Crippen LogP contribution >= 0.6 is 0 Å². The SMILES string of the molecule is COCC(C)Nc1nccn1-c1cccc(C(F)(F)F)c1. The fraction of sp³-hybridized carbons (Fsp3) is 0.357. The third kappa shape index (κ3) is 3.75. The number of hydrogen-bond donors (Lipinski definition) is 1. The number of nitrogens with one attached hydrogen (secondary N) is 1. The van der Waals surface area contributed by atoms with Crippen LogP contribution in [0.4, 0.5) is 19.1 Å². The first-order valence-corrected chi connectivity index (χ1v) is 6.38. The van der Waals surface area contributed by atoms with E-state index in [4.69, 9.17) is 4.74 Å². The number of benzene rings is 1. The highest BCUT2D eigenvalue weighted by Gasteiger charge is 2.30. The van der Waals surface area contributed by atoms with Crippen molar-refractivity contribution < 1.29 is 17.9 Å². The maximum atomic E-state index is 12.8. The van der Waals surface area contributed by atoms with Crippen LogP contribution in [0.25, 0.3) is 5.69 Å². The molecule has 114 valence electrons. The molecule has 0 aliphatic heterocycles. The molecule has 1 aromatic heterocycles. The zero-order chi connectivity index (χ0) is 15.5. The summed E-state index contributed by atoms with van der Waals surface area (Å²) in [6.45, 7) is 2.37. The molecule has 21 heavy (non-hydrogen) atoms. The maximum Gasteiger partial charge on any atom is 0.416 e. The first-order valence-electron chi connectivity index (χ1n) is 6.38. The fourth-order valence-electron chi connectivity index (χ4n) is 1.96. The smallest absolute Gasteiger partial charge is 0.383 e. The van der Waals surface area contributed by atoms with E-state index in [1.165, 1.54) is 12.3 Å². The van der Waals surface area contributed by atoms with Gasteiger partial charge >= 0.3 is 6.18 Å². The molecule has 2 aromatic rings. The highest BCUT2D eigenvalue weighted by atomic mass is 19.4. The molecular weight excluding hydrogens is 283 g/mol. The van der Waals surface area contributed by atoms with Crippen molar-refractivity contribution in [1.82, 2.24) is 9.55 Å². The van der Waals surface area contributed by atoms with E-state index in [1.807, 2.05) is 6.92 Å². The molecule has 0 saturated carbocycles. The molecule has 0 radical (unpaired) electrons. The van der Waals surface area contributed by atoms with E-state index in [2.05, 4.69) is 10.3 Å². The molecule has 0 spiro atoms. The van der Waals surface area contributed by atoms with Crippen LogP contribution in [0.2, 0.25) is 0 Å². The lowest BCUT2D eigenvalue weighted by molar-refractivity contribution is -0.137. The maximum absolute atomic E-state index is 12.8. The van der Waals surface area contributed by atoms with Crippen LogP contribution in [-0.4, -0.2) is 29.3 Å². The third-order valence-corrected chi connectivity index (χ3v) is 2.88. The minimum absolute atomic E-state index is 0.0121. The summed E-state index contributed by atoms with van der Waals surface area (Å²) in [5.74, 6) is 0.471. The second-order valence-electron chi connectivity index (χ2n) is 4.67. The zero-order valence-electron chi connectivity index (χ0n) is 11.7. The standard InChI is InChI=1S/C14H16F3N3O/c1-10(9-21-2)19-13-18-6-7-20(13)12-5-3-4-11(8-12)14(15,16)17/h3-8,10H,9H2,1-2H3,(H,18,19). The van der Waals surface area contributed by atoms with Gasteiger partial charge in [0.15, 0.2) is 0 Å². The van der Waals surface area contributed by atoms with E-state index in [0.717, 1.165) is 12.1 Å². The summed E-state index contributed by atoms with van der Waals surface area (Å²) < 4.78 is 44.9. The number of alkyl halides is 3. The van der Waals surface area contributed by atoms with Gasteiger partial charge in [-0.15, -0.1) is 0 Å². The molecule has 0 fully saturated rings. The molecule has 7 heteroatoms. The van der Waals surface area contributed by atoms with Crippen molar-refractivity contribution in [2.45, 2.75) is 19.1 Å². The van der Waals surface area contributed by atoms with E-state index in [-0.39, 0.29) is 6.04 Å². The van der Waals surface area contributed by atoms with Gasteiger partial charge in [0.05, 0.1) is 12.2 Å². The molecule has 0 aliphatic carbocycles. The van der Waals surface area contributed by atoms with Crippen LogP contribution in [0.15, 0.2) is 36.7 Å². The zero-order valence-corrected chi connectivity index (χ0v) is 11.7. The minimum atomic E-state index is -4.37. The number of imidazole rings is 1. The van der Waals surface area contributed by atoms with Crippen molar-refractivity contribution in [3.63, 3.8) is 0 Å². The number of aromatic nitrogens is 2. The van der Waals surface area contributed by atoms with E-state index in [9.17, 15) is 13.2 Å². The van der Waals surface area contributed by atoms with Gasteiger partial charge in [0, 0.05) is 31.2 Å². The Morgan fingerprint density at radius 3 is 2.81 bits per heavy atom. The van der Waals surface area contributed by atoms with E-state index >= 15 is 0 Å². The Bertz CT molecular complexity index is 595. The molecule has 1 aromatic carbocycles. The van der Waals surface area contributed by atoms with Gasteiger partial charge in [-0.2, -0.15) is 13.2 Å². The lowest BCUT2D eigenvalue weighted by atomic mass is 10.2. The lowest BCUT2D eigenvalue weighted by Gasteiger charge is -2.16. The molecule has 1 heterocycles. The number of hydrogen-bond acceptors (Lipinski definition) is 3. The van der Waals surface area contributed by atoms with E-state index < -0.39 is 11.7 Å². The lowest BCUT2D eigenvalue weighted by Crippen LogP contribution is -2.22. The number of halogens is 3. The van der Waals surface area contributed by atoms with Gasteiger partial charge in [-0.3, -0.25) is 4.57 Å². The third-order valence-electron chi connectivity index (χ3n) is 2.88. The van der Waals surface area contributed by atoms with Gasteiger partial charge in [-0.05, 0) is 25.1 Å². The van der Waals surface area contributed by atoms with Crippen molar-refractivity contribution >= 4 is 5.95 Å². The Morgan fingerprint density at radius 2 is 2.14 bits per heavy atom. The highest BCUT2D eigenvalue weighted by Crippen LogP contribution is 2.30. The summed E-state index contributed by atoms with van der Waals surface area (Å²) >= 11 is 0. The van der Waals surface area contributed by atoms with E-state index in [0.29, 0.717) is 18.2 Å². The van der Waals surface area contributed by atoms with Gasteiger partial charge in [0.1, 0.15) is 0 Å². The van der Waals surface area contributed by atoms with E-state index in [1.54, 1.807) is 23.9 Å². The number of rotatable bonds is 5. The minimum Gasteiger partial charge on any atom is -0.383 e. The molecule has 0 aliphatic rings. The first-order chi connectivity index (χ1) is 9.91. The molecule has 1 atom stereocenters. The summed E-state index contributed by atoms with van der Waals surface area (Å²) in [7, 11) is 1.58. The van der Waals surface area contributed by atoms with Crippen LogP contribution in [0.3, 0.4) is 0 Å². The van der Waals surface area contributed by atoms with Crippen molar-refractivity contribution in [3.8, 4) is 5.69 Å². The largest absolute Gasteiger partial charge is 0.416 e. The normalized spacial score (nSPS) is 13.2. The molecule has 1 unspecified atom stereocenters. The molecule has 1 N–H and O–H groups in total. The Morgan fingerprint density at radius 1 is 1.38 bits per heavy atom. The highest BCUT2D eigenvalue weighted by molar-refractivity contribution is 5.44. The van der Waals surface area contributed by atoms with Gasteiger partial charge in [-0.25, -0.2) is 4.98 Å². The van der Waals surface area contributed by atoms with Gasteiger partial charge < -0.3 is 10.1 Å².